The number of carbonyl (C=O) groups is 3. The summed E-state index contributed by atoms with van der Waals surface area (Å²) in [4.78, 5) is 35.8. The molecule has 2 aromatic rings. The number of anilines is 2. The van der Waals surface area contributed by atoms with Crippen LogP contribution in [0.4, 0.5) is 11.4 Å². The number of nitrogens with one attached hydrogen (secondary N) is 2. The Kier molecular flexibility index (Phi) is 7.75. The Labute approximate surface area is 165 Å². The molecule has 0 atom stereocenters. The molecule has 2 rings (SSSR count). The smallest absolute Gasteiger partial charge is 0.224 e. The summed E-state index contributed by atoms with van der Waals surface area (Å²) in [6, 6.07) is 12.2. The van der Waals surface area contributed by atoms with E-state index in [0.717, 1.165) is 17.7 Å². The zero-order valence-electron chi connectivity index (χ0n) is 16.5. The monoisotopic (exact) mass is 382 g/mol. The fourth-order valence-corrected chi connectivity index (χ4v) is 2.64. The van der Waals surface area contributed by atoms with Gasteiger partial charge in [0, 0.05) is 36.7 Å². The van der Waals surface area contributed by atoms with Gasteiger partial charge in [-0.25, -0.2) is 0 Å². The van der Waals surface area contributed by atoms with E-state index >= 15 is 0 Å². The summed E-state index contributed by atoms with van der Waals surface area (Å²) in [6.45, 7) is 5.91. The maximum atomic E-state index is 12.3. The van der Waals surface area contributed by atoms with Gasteiger partial charge in [0.1, 0.15) is 5.75 Å². The molecule has 0 spiro atoms. The molecular weight excluding hydrogens is 356 g/mol. The van der Waals surface area contributed by atoms with Crippen molar-refractivity contribution in [3.8, 4) is 5.75 Å². The van der Waals surface area contributed by atoms with Crippen molar-refractivity contribution in [2.45, 2.75) is 40.0 Å². The molecule has 0 aliphatic carbocycles. The highest BCUT2D eigenvalue weighted by Gasteiger charge is 2.12. The van der Waals surface area contributed by atoms with E-state index in [1.54, 1.807) is 42.5 Å². The molecule has 6 nitrogen and oxygen atoms in total. The van der Waals surface area contributed by atoms with Gasteiger partial charge in [-0.2, -0.15) is 0 Å². The number of benzene rings is 2. The molecule has 0 heterocycles. The van der Waals surface area contributed by atoms with Crippen LogP contribution in [0.5, 0.6) is 5.75 Å². The second-order valence-electron chi connectivity index (χ2n) is 6.50. The van der Waals surface area contributed by atoms with E-state index in [1.807, 2.05) is 13.8 Å². The van der Waals surface area contributed by atoms with E-state index < -0.39 is 0 Å². The van der Waals surface area contributed by atoms with Crippen LogP contribution in [0, 0.1) is 6.92 Å². The van der Waals surface area contributed by atoms with E-state index in [4.69, 9.17) is 4.74 Å². The molecule has 0 bridgehead atoms. The molecule has 6 heteroatoms. The summed E-state index contributed by atoms with van der Waals surface area (Å²) in [5.41, 5.74) is 2.58. The number of ketones is 1. The number of amides is 2. The molecule has 148 valence electrons. The van der Waals surface area contributed by atoms with Crippen LogP contribution in [-0.2, 0) is 9.59 Å². The summed E-state index contributed by atoms with van der Waals surface area (Å²) in [7, 11) is 0. The van der Waals surface area contributed by atoms with Gasteiger partial charge in [0.25, 0.3) is 0 Å². The van der Waals surface area contributed by atoms with E-state index in [-0.39, 0.29) is 30.4 Å². The second-order valence-corrected chi connectivity index (χ2v) is 6.50. The minimum atomic E-state index is -0.251. The minimum absolute atomic E-state index is 0.0801. The third-order valence-electron chi connectivity index (χ3n) is 4.15. The fourth-order valence-electron chi connectivity index (χ4n) is 2.64. The van der Waals surface area contributed by atoms with Crippen molar-refractivity contribution < 1.29 is 19.1 Å². The highest BCUT2D eigenvalue weighted by molar-refractivity contribution is 6.00. The van der Waals surface area contributed by atoms with E-state index in [2.05, 4.69) is 10.6 Å². The van der Waals surface area contributed by atoms with Crippen LogP contribution in [0.25, 0.3) is 0 Å². The van der Waals surface area contributed by atoms with Crippen LogP contribution >= 0.6 is 0 Å². The zero-order chi connectivity index (χ0) is 20.5. The standard InChI is InChI=1S/C22H26N2O4/c1-4-14-28-18-10-8-17(9-11-18)21(26)12-13-22(27)24-20-7-5-6-19(15(20)2)23-16(3)25/h5-11H,4,12-14H2,1-3H3,(H,23,25)(H,24,27). The molecule has 0 saturated carbocycles. The summed E-state index contributed by atoms with van der Waals surface area (Å²) >= 11 is 0. The van der Waals surface area contributed by atoms with Crippen LogP contribution in [0.15, 0.2) is 42.5 Å². The number of carbonyl (C=O) groups excluding carboxylic acids is 3. The van der Waals surface area contributed by atoms with Gasteiger partial charge in [-0.15, -0.1) is 0 Å². The van der Waals surface area contributed by atoms with Gasteiger partial charge in [0.15, 0.2) is 5.78 Å². The maximum absolute atomic E-state index is 12.3. The van der Waals surface area contributed by atoms with Crippen LogP contribution in [-0.4, -0.2) is 24.2 Å². The first-order valence-electron chi connectivity index (χ1n) is 9.33. The zero-order valence-corrected chi connectivity index (χ0v) is 16.5. The van der Waals surface area contributed by atoms with Crippen LogP contribution < -0.4 is 15.4 Å². The van der Waals surface area contributed by atoms with Crippen molar-refractivity contribution in [1.82, 2.24) is 0 Å². The Morgan fingerprint density at radius 3 is 2.18 bits per heavy atom. The molecule has 2 amide bonds. The van der Waals surface area contributed by atoms with Gasteiger partial charge in [-0.1, -0.05) is 13.0 Å². The molecule has 0 radical (unpaired) electrons. The lowest BCUT2D eigenvalue weighted by molar-refractivity contribution is -0.116. The Morgan fingerprint density at radius 2 is 1.57 bits per heavy atom. The first-order valence-corrected chi connectivity index (χ1v) is 9.33. The molecule has 0 aliphatic heterocycles. The van der Waals surface area contributed by atoms with Gasteiger partial charge in [0.2, 0.25) is 11.8 Å². The summed E-state index contributed by atoms with van der Waals surface area (Å²) < 4.78 is 5.50. The molecular formula is C22H26N2O4. The average Bonchev–Trinajstić information content (AvgIpc) is 2.67. The van der Waals surface area contributed by atoms with Crippen LogP contribution in [0.1, 0.15) is 49.0 Å². The van der Waals surface area contributed by atoms with Gasteiger partial charge in [-0.05, 0) is 55.3 Å². The lowest BCUT2D eigenvalue weighted by atomic mass is 10.1. The summed E-state index contributed by atoms with van der Waals surface area (Å²) in [6.07, 6.45) is 1.12. The molecule has 0 unspecified atom stereocenters. The SMILES string of the molecule is CCCOc1ccc(C(=O)CCC(=O)Nc2cccc(NC(C)=O)c2C)cc1. The van der Waals surface area contributed by atoms with E-state index in [9.17, 15) is 14.4 Å². The number of Topliss-reactive ketones (excluding diaryl/α,β-unsaturated/α-hetero) is 1. The molecule has 0 aliphatic rings. The highest BCUT2D eigenvalue weighted by atomic mass is 16.5. The van der Waals surface area contributed by atoms with Gasteiger partial charge >= 0.3 is 0 Å². The Morgan fingerprint density at radius 1 is 0.929 bits per heavy atom. The van der Waals surface area contributed by atoms with Crippen LogP contribution in [0.3, 0.4) is 0 Å². The number of hydrogen-bond acceptors (Lipinski definition) is 4. The van der Waals surface area contributed by atoms with Crippen molar-refractivity contribution in [1.29, 1.82) is 0 Å². The quantitative estimate of drug-likeness (QED) is 0.632. The first kappa shape index (κ1) is 21.2. The second kappa shape index (κ2) is 10.3. The van der Waals surface area contributed by atoms with Crippen molar-refractivity contribution in [2.75, 3.05) is 17.2 Å². The first-order chi connectivity index (χ1) is 13.4. The van der Waals surface area contributed by atoms with Crippen LogP contribution in [0.2, 0.25) is 0 Å². The molecule has 0 aromatic heterocycles. The Bertz CT molecular complexity index is 844. The predicted molar refractivity (Wildman–Crippen MR) is 110 cm³/mol. The summed E-state index contributed by atoms with van der Waals surface area (Å²) in [5, 5.41) is 5.52. The predicted octanol–water partition coefficient (Wildman–Crippen LogP) is 4.34. The van der Waals surface area contributed by atoms with Crippen molar-refractivity contribution in [3.05, 3.63) is 53.6 Å². The van der Waals surface area contributed by atoms with Crippen molar-refractivity contribution in [3.63, 3.8) is 0 Å². The van der Waals surface area contributed by atoms with Gasteiger partial charge in [-0.3, -0.25) is 14.4 Å². The number of hydrogen-bond donors (Lipinski definition) is 2. The normalized spacial score (nSPS) is 10.2. The largest absolute Gasteiger partial charge is 0.494 e. The average molecular weight is 382 g/mol. The molecule has 0 saturated heterocycles. The summed E-state index contributed by atoms with van der Waals surface area (Å²) in [5.74, 6) is 0.203. The topological polar surface area (TPSA) is 84.5 Å². The van der Waals surface area contributed by atoms with Crippen molar-refractivity contribution >= 4 is 29.0 Å². The van der Waals surface area contributed by atoms with Crippen molar-refractivity contribution in [2.24, 2.45) is 0 Å². The molecule has 28 heavy (non-hydrogen) atoms. The Balaban J connectivity index is 1.90. The highest BCUT2D eigenvalue weighted by Crippen LogP contribution is 2.23. The van der Waals surface area contributed by atoms with E-state index in [1.165, 1.54) is 6.92 Å². The number of ether oxygens (including phenoxy) is 1. The van der Waals surface area contributed by atoms with E-state index in [0.29, 0.717) is 23.5 Å². The minimum Gasteiger partial charge on any atom is -0.494 e. The Hall–Kier alpha value is -3.15. The third kappa shape index (κ3) is 6.23. The maximum Gasteiger partial charge on any atom is 0.224 e. The molecule has 2 aromatic carbocycles. The molecule has 0 fully saturated rings. The fraction of sp³-hybridized carbons (Fsp3) is 0.318. The van der Waals surface area contributed by atoms with Gasteiger partial charge in [0.05, 0.1) is 6.61 Å². The molecule has 2 N–H and O–H groups in total. The van der Waals surface area contributed by atoms with Gasteiger partial charge < -0.3 is 15.4 Å². The number of rotatable bonds is 9. The lowest BCUT2D eigenvalue weighted by Gasteiger charge is -2.12. The third-order valence-corrected chi connectivity index (χ3v) is 4.15. The lowest BCUT2D eigenvalue weighted by Crippen LogP contribution is -2.15.